The molecule has 0 N–H and O–H groups in total. The molecule has 0 amide bonds. The number of ether oxygens (including phenoxy) is 1. The van der Waals surface area contributed by atoms with Gasteiger partial charge < -0.3 is 4.74 Å². The first-order valence-corrected chi connectivity index (χ1v) is 9.32. The van der Waals surface area contributed by atoms with Gasteiger partial charge in [-0.25, -0.2) is 13.6 Å². The Labute approximate surface area is 102 Å². The molecule has 0 aliphatic heterocycles. The summed E-state index contributed by atoms with van der Waals surface area (Å²) in [6.07, 6.45) is 0. The average Bonchev–Trinajstić information content (AvgIpc) is 2.14. The molecular weight excluding hydrogens is 303 g/mol. The molecule has 11 heteroatoms. The van der Waals surface area contributed by atoms with E-state index >= 15 is 0 Å². The monoisotopic (exact) mass is 316 g/mol. The molecule has 0 heterocycles. The number of carbonyl (C=O) groups excluding carboxylic acids is 1. The van der Waals surface area contributed by atoms with Crippen molar-refractivity contribution in [3.8, 4) is 0 Å². The molecule has 0 radical (unpaired) electrons. The summed E-state index contributed by atoms with van der Waals surface area (Å²) in [6, 6.07) is -2.06. The van der Waals surface area contributed by atoms with Crippen LogP contribution in [0.5, 0.6) is 0 Å². The fourth-order valence-electron chi connectivity index (χ4n) is 0.218. The van der Waals surface area contributed by atoms with Gasteiger partial charge in [0.15, 0.2) is 0 Å². The highest BCUT2D eigenvalue weighted by molar-refractivity contribution is 7.88. The lowest BCUT2D eigenvalue weighted by atomic mass is 10.7. The van der Waals surface area contributed by atoms with E-state index in [2.05, 4.69) is 4.74 Å². The van der Waals surface area contributed by atoms with E-state index in [4.69, 9.17) is 0 Å². The van der Waals surface area contributed by atoms with Crippen molar-refractivity contribution in [1.82, 2.24) is 0 Å². The molecule has 0 atom stereocenters. The minimum absolute atomic E-state index is 0.515. The molecule has 0 fully saturated rings. The maximum absolute atomic E-state index is 11.9. The third-order valence-electron chi connectivity index (χ3n) is 1.38. The minimum Gasteiger partial charge on any atom is -0.464 e. The van der Waals surface area contributed by atoms with Gasteiger partial charge in [0.1, 0.15) is 8.07 Å². The summed E-state index contributed by atoms with van der Waals surface area (Å²) in [4.78, 5) is 9.89. The molecule has 0 aliphatic rings. The van der Waals surface area contributed by atoms with Crippen molar-refractivity contribution >= 4 is 24.3 Å². The van der Waals surface area contributed by atoms with Crippen LogP contribution in [0.4, 0.5) is 21.4 Å². The van der Waals surface area contributed by atoms with Gasteiger partial charge in [-0.05, 0) is 0 Å². The van der Waals surface area contributed by atoms with Gasteiger partial charge in [-0.15, -0.1) is 0 Å². The molecule has 0 rings (SSSR count). The third kappa shape index (κ3) is 6.28. The van der Waals surface area contributed by atoms with Crippen LogP contribution in [0, 0.1) is 0 Å². The van der Waals surface area contributed by atoms with Gasteiger partial charge in [-0.2, -0.15) is 17.2 Å². The quantitative estimate of drug-likeness (QED) is 0.346. The van der Waals surface area contributed by atoms with E-state index in [1.165, 1.54) is 0 Å². The maximum atomic E-state index is 11.9. The lowest BCUT2D eigenvalue weighted by Crippen LogP contribution is -2.36. The van der Waals surface area contributed by atoms with Gasteiger partial charge in [0.05, 0.1) is 7.11 Å². The molecule has 0 unspecified atom stereocenters. The Hall–Kier alpha value is -0.713. The molecule has 0 spiro atoms. The summed E-state index contributed by atoms with van der Waals surface area (Å²) in [5, 5.41) is -5.11. The highest BCUT2D eigenvalue weighted by atomic mass is 32.3. The maximum Gasteiger partial charge on any atom is 0.470 e. The zero-order valence-corrected chi connectivity index (χ0v) is 11.8. The SMILES string of the molecule is COC(=O)C(F)(F)S(=O)(=O)F.C[Si](C)(C)C(F)F. The largest absolute Gasteiger partial charge is 0.470 e. The predicted octanol–water partition coefficient (Wildman–Crippen LogP) is 2.18. The van der Waals surface area contributed by atoms with E-state index in [9.17, 15) is 34.7 Å². The van der Waals surface area contributed by atoms with Crippen LogP contribution in [-0.4, -0.2) is 40.9 Å². The molecule has 0 saturated carbocycles. The molecule has 0 aromatic carbocycles. The highest BCUT2D eigenvalue weighted by Crippen LogP contribution is 2.24. The second kappa shape index (κ2) is 6.45. The summed E-state index contributed by atoms with van der Waals surface area (Å²) >= 11 is 0. The van der Waals surface area contributed by atoms with Crippen LogP contribution < -0.4 is 0 Å². The standard InChI is InChI=1S/C4H10F2Si.C3H3F3O4S/c1-7(2,3)4(5)6;1-10-2(7)3(4,5)11(6,8)9/h4H,1-3H3;1H3. The van der Waals surface area contributed by atoms with Crippen molar-refractivity contribution < 1.29 is 39.4 Å². The lowest BCUT2D eigenvalue weighted by Gasteiger charge is -2.11. The second-order valence-corrected chi connectivity index (χ2v) is 10.7. The minimum atomic E-state index is -6.22. The van der Waals surface area contributed by atoms with Gasteiger partial charge in [-0.3, -0.25) is 0 Å². The molecule has 0 saturated heterocycles. The van der Waals surface area contributed by atoms with Crippen LogP contribution in [0.3, 0.4) is 0 Å². The van der Waals surface area contributed by atoms with Crippen LogP contribution >= 0.6 is 0 Å². The van der Waals surface area contributed by atoms with Gasteiger partial charge >= 0.3 is 21.4 Å². The highest BCUT2D eigenvalue weighted by Gasteiger charge is 2.55. The van der Waals surface area contributed by atoms with E-state index in [1.54, 1.807) is 19.6 Å². The first-order chi connectivity index (χ1) is 7.67. The molecule has 110 valence electrons. The summed E-state index contributed by atoms with van der Waals surface area (Å²) < 4.78 is 80.9. The number of hydrogen-bond donors (Lipinski definition) is 0. The number of methoxy groups -OCH3 is 1. The van der Waals surface area contributed by atoms with E-state index < -0.39 is 35.6 Å². The predicted molar refractivity (Wildman–Crippen MR) is 56.3 cm³/mol. The first-order valence-electron chi connectivity index (χ1n) is 4.36. The number of carbonyl (C=O) groups is 1. The first kappa shape index (κ1) is 19.6. The van der Waals surface area contributed by atoms with Gasteiger partial charge in [0.25, 0.3) is 0 Å². The van der Waals surface area contributed by atoms with Crippen molar-refractivity contribution in [3.05, 3.63) is 0 Å². The number of rotatable bonds is 3. The van der Waals surface area contributed by atoms with Gasteiger partial charge in [0.2, 0.25) is 6.05 Å². The van der Waals surface area contributed by atoms with Crippen LogP contribution in [0.1, 0.15) is 0 Å². The van der Waals surface area contributed by atoms with Crippen LogP contribution in [0.2, 0.25) is 19.6 Å². The van der Waals surface area contributed by atoms with Crippen LogP contribution in [0.25, 0.3) is 0 Å². The van der Waals surface area contributed by atoms with Crippen molar-refractivity contribution in [2.75, 3.05) is 7.11 Å². The fourth-order valence-corrected chi connectivity index (χ4v) is 0.501. The fraction of sp³-hybridized carbons (Fsp3) is 0.857. The van der Waals surface area contributed by atoms with E-state index in [0.717, 1.165) is 0 Å². The van der Waals surface area contributed by atoms with Crippen molar-refractivity contribution in [3.63, 3.8) is 0 Å². The summed E-state index contributed by atoms with van der Waals surface area (Å²) in [5.41, 5.74) is 0. The number of hydrogen-bond acceptors (Lipinski definition) is 4. The lowest BCUT2D eigenvalue weighted by molar-refractivity contribution is -0.157. The normalized spacial score (nSPS) is 12.8. The Morgan fingerprint density at radius 2 is 1.50 bits per heavy atom. The van der Waals surface area contributed by atoms with Gasteiger partial charge in [0, 0.05) is 0 Å². The zero-order chi connectivity index (χ0) is 15.4. The Morgan fingerprint density at radius 3 is 1.56 bits per heavy atom. The summed E-state index contributed by atoms with van der Waals surface area (Å²) in [6.45, 7) is 4.95. The third-order valence-corrected chi connectivity index (χ3v) is 3.47. The zero-order valence-electron chi connectivity index (χ0n) is 10.0. The Kier molecular flexibility index (Phi) is 7.03. The van der Waals surface area contributed by atoms with Crippen molar-refractivity contribution in [2.45, 2.75) is 30.9 Å². The molecule has 0 bridgehead atoms. The smallest absolute Gasteiger partial charge is 0.464 e. The molecular formula is C7H13F5O4SSi. The molecule has 0 aliphatic carbocycles. The van der Waals surface area contributed by atoms with Gasteiger partial charge in [-0.1, -0.05) is 23.5 Å². The average molecular weight is 316 g/mol. The molecule has 0 aromatic heterocycles. The topological polar surface area (TPSA) is 60.4 Å². The van der Waals surface area contributed by atoms with Crippen molar-refractivity contribution in [1.29, 1.82) is 0 Å². The molecule has 18 heavy (non-hydrogen) atoms. The van der Waals surface area contributed by atoms with E-state index in [-0.39, 0.29) is 0 Å². The van der Waals surface area contributed by atoms with E-state index in [0.29, 0.717) is 7.11 Å². The molecule has 0 aromatic rings. The Bertz CT molecular complexity index is 376. The number of halogens is 5. The number of alkyl halides is 4. The summed E-state index contributed by atoms with van der Waals surface area (Å²) in [5.74, 6) is -2.44. The van der Waals surface area contributed by atoms with Crippen LogP contribution in [0.15, 0.2) is 0 Å². The second-order valence-electron chi connectivity index (χ2n) is 4.11. The van der Waals surface area contributed by atoms with E-state index in [1.807, 2.05) is 0 Å². The Balaban J connectivity index is 0. The number of esters is 1. The van der Waals surface area contributed by atoms with Crippen LogP contribution in [-0.2, 0) is 19.8 Å². The summed E-state index contributed by atoms with van der Waals surface area (Å²) in [7, 11) is -7.77. The van der Waals surface area contributed by atoms with Crippen molar-refractivity contribution in [2.24, 2.45) is 0 Å². The Morgan fingerprint density at radius 1 is 1.22 bits per heavy atom. The molecule has 4 nitrogen and oxygen atoms in total.